The van der Waals surface area contributed by atoms with Gasteiger partial charge in [-0.3, -0.25) is 4.79 Å². The molecule has 1 aliphatic heterocycles. The average molecular weight is 245 g/mol. The third kappa shape index (κ3) is 5.02. The average Bonchev–Trinajstić information content (AvgIpc) is 2.77. The molecule has 0 aromatic carbocycles. The van der Waals surface area contributed by atoms with Crippen LogP contribution in [0.2, 0.25) is 0 Å². The summed E-state index contributed by atoms with van der Waals surface area (Å²) in [6.07, 6.45) is 2.49. The van der Waals surface area contributed by atoms with Gasteiger partial charge in [0.05, 0.1) is 19.3 Å². The van der Waals surface area contributed by atoms with Gasteiger partial charge in [-0.1, -0.05) is 0 Å². The maximum absolute atomic E-state index is 11.5. The third-order valence-electron chi connectivity index (χ3n) is 2.82. The molecule has 5 nitrogen and oxygen atoms in total. The minimum atomic E-state index is -0.911. The molecule has 2 atom stereocenters. The summed E-state index contributed by atoms with van der Waals surface area (Å²) in [5.74, 6) is -0.343. The van der Waals surface area contributed by atoms with Crippen molar-refractivity contribution in [3.8, 4) is 0 Å². The van der Waals surface area contributed by atoms with Gasteiger partial charge in [-0.2, -0.15) is 0 Å². The second-order valence-electron chi connectivity index (χ2n) is 4.60. The highest BCUT2D eigenvalue weighted by Gasteiger charge is 2.29. The number of esters is 1. The first-order chi connectivity index (χ1) is 8.06. The van der Waals surface area contributed by atoms with Crippen LogP contribution in [0, 0.1) is 0 Å². The van der Waals surface area contributed by atoms with Gasteiger partial charge in [0.25, 0.3) is 0 Å². The fourth-order valence-corrected chi connectivity index (χ4v) is 1.73. The van der Waals surface area contributed by atoms with Gasteiger partial charge in [-0.25, -0.2) is 0 Å². The van der Waals surface area contributed by atoms with Crippen LogP contribution in [0.1, 0.15) is 33.1 Å². The van der Waals surface area contributed by atoms with Crippen molar-refractivity contribution in [2.45, 2.75) is 44.8 Å². The fraction of sp³-hybridized carbons (Fsp3) is 0.917. The Morgan fingerprint density at radius 2 is 2.35 bits per heavy atom. The molecular formula is C12H23NO4. The SMILES string of the molecule is CCOC(=O)C(C)(N)CCCOC1CCOC1. The zero-order chi connectivity index (χ0) is 12.7. The van der Waals surface area contributed by atoms with E-state index in [1.165, 1.54) is 0 Å². The predicted molar refractivity (Wildman–Crippen MR) is 63.6 cm³/mol. The van der Waals surface area contributed by atoms with E-state index in [1.54, 1.807) is 13.8 Å². The molecule has 100 valence electrons. The summed E-state index contributed by atoms with van der Waals surface area (Å²) >= 11 is 0. The first-order valence-electron chi connectivity index (χ1n) is 6.21. The van der Waals surface area contributed by atoms with Crippen molar-refractivity contribution in [2.24, 2.45) is 5.73 Å². The van der Waals surface area contributed by atoms with Crippen molar-refractivity contribution in [2.75, 3.05) is 26.4 Å². The van der Waals surface area contributed by atoms with Crippen LogP contribution in [0.4, 0.5) is 0 Å². The van der Waals surface area contributed by atoms with Crippen LogP contribution >= 0.6 is 0 Å². The van der Waals surface area contributed by atoms with Crippen molar-refractivity contribution in [3.05, 3.63) is 0 Å². The molecule has 1 rings (SSSR count). The number of hydrogen-bond acceptors (Lipinski definition) is 5. The molecule has 2 N–H and O–H groups in total. The van der Waals surface area contributed by atoms with Crippen molar-refractivity contribution < 1.29 is 19.0 Å². The molecule has 1 saturated heterocycles. The van der Waals surface area contributed by atoms with Crippen molar-refractivity contribution in [1.29, 1.82) is 0 Å². The predicted octanol–water partition coefficient (Wildman–Crippen LogP) is 0.853. The molecule has 1 heterocycles. The molecule has 0 bridgehead atoms. The summed E-state index contributed by atoms with van der Waals surface area (Å²) in [4.78, 5) is 11.5. The molecule has 17 heavy (non-hydrogen) atoms. The smallest absolute Gasteiger partial charge is 0.325 e. The van der Waals surface area contributed by atoms with Crippen molar-refractivity contribution in [3.63, 3.8) is 0 Å². The van der Waals surface area contributed by atoms with E-state index in [-0.39, 0.29) is 12.1 Å². The van der Waals surface area contributed by atoms with E-state index in [2.05, 4.69) is 0 Å². The van der Waals surface area contributed by atoms with Gasteiger partial charge < -0.3 is 19.9 Å². The van der Waals surface area contributed by atoms with Crippen LogP contribution in [0.3, 0.4) is 0 Å². The molecular weight excluding hydrogens is 222 g/mol. The van der Waals surface area contributed by atoms with E-state index < -0.39 is 5.54 Å². The number of carbonyl (C=O) groups is 1. The van der Waals surface area contributed by atoms with Crippen molar-refractivity contribution >= 4 is 5.97 Å². The Labute approximate surface area is 103 Å². The quantitative estimate of drug-likeness (QED) is 0.532. The Bertz CT molecular complexity index is 237. The number of hydrogen-bond donors (Lipinski definition) is 1. The summed E-state index contributed by atoms with van der Waals surface area (Å²) in [6, 6.07) is 0. The van der Waals surface area contributed by atoms with Crippen LogP contribution in [0.15, 0.2) is 0 Å². The van der Waals surface area contributed by atoms with Crippen LogP contribution in [0.25, 0.3) is 0 Å². The fourth-order valence-electron chi connectivity index (χ4n) is 1.73. The van der Waals surface area contributed by atoms with E-state index in [0.717, 1.165) is 19.4 Å². The molecule has 0 aromatic rings. The number of rotatable bonds is 7. The first kappa shape index (κ1) is 14.4. The molecule has 1 aliphatic rings. The van der Waals surface area contributed by atoms with Gasteiger partial charge in [0.15, 0.2) is 0 Å². The van der Waals surface area contributed by atoms with Crippen LogP contribution in [-0.2, 0) is 19.0 Å². The Morgan fingerprint density at radius 1 is 1.59 bits per heavy atom. The summed E-state index contributed by atoms with van der Waals surface area (Å²) in [6.45, 7) is 5.91. The van der Waals surface area contributed by atoms with Crippen LogP contribution in [-0.4, -0.2) is 44.0 Å². The van der Waals surface area contributed by atoms with Gasteiger partial charge in [-0.05, 0) is 33.1 Å². The summed E-state index contributed by atoms with van der Waals surface area (Å²) in [5.41, 5.74) is 4.97. The molecule has 0 saturated carbocycles. The van der Waals surface area contributed by atoms with Gasteiger partial charge in [0, 0.05) is 13.2 Å². The molecule has 0 radical (unpaired) electrons. The molecule has 0 amide bonds. The third-order valence-corrected chi connectivity index (χ3v) is 2.82. The molecule has 0 spiro atoms. The molecule has 0 aliphatic carbocycles. The number of carbonyl (C=O) groups excluding carboxylic acids is 1. The second kappa shape index (κ2) is 6.93. The zero-order valence-electron chi connectivity index (χ0n) is 10.7. The summed E-state index contributed by atoms with van der Waals surface area (Å²) in [7, 11) is 0. The molecule has 1 fully saturated rings. The second-order valence-corrected chi connectivity index (χ2v) is 4.60. The molecule has 2 unspecified atom stereocenters. The van der Waals surface area contributed by atoms with E-state index in [0.29, 0.717) is 26.2 Å². The minimum absolute atomic E-state index is 0.210. The molecule has 5 heteroatoms. The Morgan fingerprint density at radius 3 is 2.94 bits per heavy atom. The lowest BCUT2D eigenvalue weighted by Gasteiger charge is -2.22. The van der Waals surface area contributed by atoms with Gasteiger partial charge in [0.1, 0.15) is 5.54 Å². The number of nitrogens with two attached hydrogens (primary N) is 1. The van der Waals surface area contributed by atoms with E-state index in [4.69, 9.17) is 19.9 Å². The summed E-state index contributed by atoms with van der Waals surface area (Å²) in [5, 5.41) is 0. The highest BCUT2D eigenvalue weighted by atomic mass is 16.5. The topological polar surface area (TPSA) is 70.8 Å². The first-order valence-corrected chi connectivity index (χ1v) is 6.21. The maximum atomic E-state index is 11.5. The van der Waals surface area contributed by atoms with Gasteiger partial charge in [-0.15, -0.1) is 0 Å². The van der Waals surface area contributed by atoms with Crippen molar-refractivity contribution in [1.82, 2.24) is 0 Å². The van der Waals surface area contributed by atoms with Crippen LogP contribution < -0.4 is 5.73 Å². The Balaban J connectivity index is 2.13. The standard InChI is InChI=1S/C12H23NO4/c1-3-16-11(14)12(2,13)6-4-7-17-10-5-8-15-9-10/h10H,3-9,13H2,1-2H3. The van der Waals surface area contributed by atoms with Gasteiger partial charge in [0.2, 0.25) is 0 Å². The van der Waals surface area contributed by atoms with E-state index in [1.807, 2.05) is 0 Å². The molecule has 0 aromatic heterocycles. The monoisotopic (exact) mass is 245 g/mol. The summed E-state index contributed by atoms with van der Waals surface area (Å²) < 4.78 is 15.7. The van der Waals surface area contributed by atoms with Gasteiger partial charge >= 0.3 is 5.97 Å². The maximum Gasteiger partial charge on any atom is 0.325 e. The van der Waals surface area contributed by atoms with E-state index >= 15 is 0 Å². The lowest BCUT2D eigenvalue weighted by atomic mass is 9.98. The Hall–Kier alpha value is -0.650. The Kier molecular flexibility index (Phi) is 5.88. The minimum Gasteiger partial charge on any atom is -0.465 e. The number of ether oxygens (including phenoxy) is 3. The van der Waals surface area contributed by atoms with E-state index in [9.17, 15) is 4.79 Å². The van der Waals surface area contributed by atoms with Crippen LogP contribution in [0.5, 0.6) is 0 Å². The lowest BCUT2D eigenvalue weighted by molar-refractivity contribution is -0.149. The highest BCUT2D eigenvalue weighted by molar-refractivity contribution is 5.79. The normalized spacial score (nSPS) is 23.4. The zero-order valence-corrected chi connectivity index (χ0v) is 10.7. The highest BCUT2D eigenvalue weighted by Crippen LogP contribution is 2.13. The lowest BCUT2D eigenvalue weighted by Crippen LogP contribution is -2.46. The largest absolute Gasteiger partial charge is 0.465 e.